The van der Waals surface area contributed by atoms with Crippen molar-refractivity contribution >= 4 is 31.6 Å². The highest BCUT2D eigenvalue weighted by molar-refractivity contribution is 8.01. The van der Waals surface area contributed by atoms with E-state index in [1.54, 1.807) is 0 Å². The first-order valence-corrected chi connectivity index (χ1v) is 10.7. The highest BCUT2D eigenvalue weighted by atomic mass is 32.2. The summed E-state index contributed by atoms with van der Waals surface area (Å²) >= 11 is 1.49. The summed E-state index contributed by atoms with van der Waals surface area (Å²) in [6.07, 6.45) is 1.88. The van der Waals surface area contributed by atoms with Crippen molar-refractivity contribution in [2.24, 2.45) is 5.92 Å². The van der Waals surface area contributed by atoms with Crippen LogP contribution in [-0.4, -0.2) is 56.6 Å². The third-order valence-electron chi connectivity index (χ3n) is 3.08. The summed E-state index contributed by atoms with van der Waals surface area (Å²) in [4.78, 5) is 0. The maximum Gasteiger partial charge on any atom is 0.215 e. The van der Waals surface area contributed by atoms with E-state index in [0.717, 1.165) is 12.7 Å². The Morgan fingerprint density at radius 1 is 1.33 bits per heavy atom. The number of sulfone groups is 1. The van der Waals surface area contributed by atoms with Crippen molar-refractivity contribution in [3.63, 3.8) is 0 Å². The van der Waals surface area contributed by atoms with Crippen molar-refractivity contribution < 1.29 is 16.8 Å². The average molecular weight is 315 g/mol. The highest BCUT2D eigenvalue weighted by Crippen LogP contribution is 2.24. The smallest absolute Gasteiger partial charge is 0.215 e. The van der Waals surface area contributed by atoms with E-state index < -0.39 is 25.2 Å². The van der Waals surface area contributed by atoms with E-state index in [0.29, 0.717) is 18.1 Å². The molecule has 0 aliphatic carbocycles. The van der Waals surface area contributed by atoms with E-state index in [1.807, 2.05) is 13.8 Å². The van der Waals surface area contributed by atoms with Gasteiger partial charge in [0.1, 0.15) is 5.37 Å². The van der Waals surface area contributed by atoms with E-state index >= 15 is 0 Å². The van der Waals surface area contributed by atoms with Gasteiger partial charge in [0.15, 0.2) is 9.84 Å². The molecule has 1 aliphatic rings. The molecule has 1 saturated heterocycles. The Balaban J connectivity index is 2.97. The van der Waals surface area contributed by atoms with Crippen LogP contribution < -0.4 is 0 Å². The Kier molecular flexibility index (Phi) is 5.52. The van der Waals surface area contributed by atoms with Crippen LogP contribution in [-0.2, 0) is 19.9 Å². The summed E-state index contributed by atoms with van der Waals surface area (Å²) in [6, 6.07) is 0. The normalized spacial score (nSPS) is 24.9. The largest absolute Gasteiger partial charge is 0.227 e. The highest BCUT2D eigenvalue weighted by Gasteiger charge is 2.38. The summed E-state index contributed by atoms with van der Waals surface area (Å²) in [6.45, 7) is 4.09. The van der Waals surface area contributed by atoms with Gasteiger partial charge in [-0.1, -0.05) is 20.3 Å². The van der Waals surface area contributed by atoms with Crippen molar-refractivity contribution in [1.29, 1.82) is 0 Å². The molecule has 1 heterocycles. The van der Waals surface area contributed by atoms with Gasteiger partial charge in [0.2, 0.25) is 10.0 Å². The lowest BCUT2D eigenvalue weighted by Crippen LogP contribution is -2.51. The third-order valence-corrected chi connectivity index (χ3v) is 8.00. The third kappa shape index (κ3) is 4.11. The SMILES string of the molecule is CC[C@@H](C)CS(=O)(=O)N1CCSC[C@@H]1S(C)(=O)=O. The summed E-state index contributed by atoms with van der Waals surface area (Å²) in [5, 5.41) is -0.898. The van der Waals surface area contributed by atoms with Crippen LogP contribution in [0.25, 0.3) is 0 Å². The van der Waals surface area contributed by atoms with E-state index in [1.165, 1.54) is 16.1 Å². The Bertz CT molecular complexity index is 471. The minimum absolute atomic E-state index is 0.0280. The van der Waals surface area contributed by atoms with Crippen LogP contribution in [0.1, 0.15) is 20.3 Å². The van der Waals surface area contributed by atoms with E-state index in [-0.39, 0.29) is 11.7 Å². The molecule has 1 aliphatic heterocycles. The van der Waals surface area contributed by atoms with Crippen LogP contribution in [0.5, 0.6) is 0 Å². The molecule has 0 aromatic rings. The molecule has 0 saturated carbocycles. The minimum atomic E-state index is -3.49. The van der Waals surface area contributed by atoms with Gasteiger partial charge in [0.05, 0.1) is 5.75 Å². The fourth-order valence-corrected chi connectivity index (χ4v) is 7.50. The van der Waals surface area contributed by atoms with Crippen LogP contribution in [0.4, 0.5) is 0 Å². The zero-order valence-electron chi connectivity index (χ0n) is 11.0. The van der Waals surface area contributed by atoms with Crippen molar-refractivity contribution in [2.75, 3.05) is 30.1 Å². The molecule has 0 N–H and O–H groups in total. The second-order valence-electron chi connectivity index (χ2n) is 4.76. The maximum atomic E-state index is 12.3. The molecule has 2 atom stereocenters. The summed E-state index contributed by atoms with van der Waals surface area (Å²) in [5.41, 5.74) is 0. The number of nitrogens with zero attached hydrogens (tertiary/aromatic N) is 1. The number of rotatable bonds is 5. The summed E-state index contributed by atoms with van der Waals surface area (Å²) < 4.78 is 49.1. The van der Waals surface area contributed by atoms with Crippen LogP contribution in [0.15, 0.2) is 0 Å². The monoisotopic (exact) mass is 315 g/mol. The number of sulfonamides is 1. The molecular formula is C10H21NO4S3. The van der Waals surface area contributed by atoms with Crippen molar-refractivity contribution in [2.45, 2.75) is 25.6 Å². The average Bonchev–Trinajstić information content (AvgIpc) is 2.27. The van der Waals surface area contributed by atoms with Crippen LogP contribution in [0, 0.1) is 5.92 Å². The maximum absolute atomic E-state index is 12.3. The summed E-state index contributed by atoms with van der Waals surface area (Å²) in [5.74, 6) is 1.06. The van der Waals surface area contributed by atoms with Gasteiger partial charge in [0, 0.05) is 24.3 Å². The molecule has 0 radical (unpaired) electrons. The minimum Gasteiger partial charge on any atom is -0.227 e. The van der Waals surface area contributed by atoms with Crippen LogP contribution in [0.2, 0.25) is 0 Å². The molecule has 0 spiro atoms. The number of hydrogen-bond acceptors (Lipinski definition) is 5. The molecule has 0 aromatic heterocycles. The Morgan fingerprint density at radius 3 is 2.44 bits per heavy atom. The molecule has 0 amide bonds. The van der Waals surface area contributed by atoms with E-state index in [2.05, 4.69) is 0 Å². The van der Waals surface area contributed by atoms with Gasteiger partial charge in [-0.25, -0.2) is 16.8 Å². The zero-order chi connectivity index (χ0) is 14.0. The Labute approximate surface area is 114 Å². The fourth-order valence-electron chi connectivity index (χ4n) is 1.79. The first-order valence-electron chi connectivity index (χ1n) is 5.94. The molecule has 0 unspecified atom stereocenters. The second-order valence-corrected chi connectivity index (χ2v) is 10.1. The molecule has 8 heteroatoms. The molecule has 0 bridgehead atoms. The van der Waals surface area contributed by atoms with Crippen molar-refractivity contribution in [3.05, 3.63) is 0 Å². The van der Waals surface area contributed by atoms with E-state index in [9.17, 15) is 16.8 Å². The standard InChI is InChI=1S/C10H21NO4S3/c1-4-9(2)8-18(14,15)11-5-6-16-7-10(11)17(3,12)13/h9-10H,4-8H2,1-3H3/t9-,10+/m1/s1. The van der Waals surface area contributed by atoms with E-state index in [4.69, 9.17) is 0 Å². The zero-order valence-corrected chi connectivity index (χ0v) is 13.4. The van der Waals surface area contributed by atoms with Gasteiger partial charge in [0.25, 0.3) is 0 Å². The topological polar surface area (TPSA) is 71.5 Å². The fraction of sp³-hybridized carbons (Fsp3) is 1.00. The molecule has 5 nitrogen and oxygen atoms in total. The quantitative estimate of drug-likeness (QED) is 0.750. The number of hydrogen-bond donors (Lipinski definition) is 0. The molecule has 1 rings (SSSR count). The second kappa shape index (κ2) is 6.11. The van der Waals surface area contributed by atoms with Gasteiger partial charge in [-0.3, -0.25) is 0 Å². The lowest BCUT2D eigenvalue weighted by atomic mass is 10.2. The lowest BCUT2D eigenvalue weighted by molar-refractivity contribution is 0.399. The first-order chi connectivity index (χ1) is 8.18. The van der Waals surface area contributed by atoms with Crippen LogP contribution >= 0.6 is 11.8 Å². The molecule has 108 valence electrons. The molecule has 1 fully saturated rings. The van der Waals surface area contributed by atoms with Crippen molar-refractivity contribution in [1.82, 2.24) is 4.31 Å². The number of thioether (sulfide) groups is 1. The van der Waals surface area contributed by atoms with Crippen LogP contribution in [0.3, 0.4) is 0 Å². The molecular weight excluding hydrogens is 294 g/mol. The predicted octanol–water partition coefficient (Wildman–Crippen LogP) is 0.782. The molecule has 18 heavy (non-hydrogen) atoms. The van der Waals surface area contributed by atoms with Gasteiger partial charge in [-0.05, 0) is 5.92 Å². The summed E-state index contributed by atoms with van der Waals surface area (Å²) in [7, 11) is -6.86. The molecule has 0 aromatic carbocycles. The van der Waals surface area contributed by atoms with Crippen molar-refractivity contribution in [3.8, 4) is 0 Å². The van der Waals surface area contributed by atoms with Gasteiger partial charge < -0.3 is 0 Å². The van der Waals surface area contributed by atoms with Gasteiger partial charge in [-0.15, -0.1) is 0 Å². The first kappa shape index (κ1) is 16.3. The van der Waals surface area contributed by atoms with Gasteiger partial charge in [-0.2, -0.15) is 16.1 Å². The Hall–Kier alpha value is 0.210. The predicted molar refractivity (Wildman–Crippen MR) is 75.9 cm³/mol. The lowest BCUT2D eigenvalue weighted by Gasteiger charge is -2.33. The Morgan fingerprint density at radius 2 is 1.94 bits per heavy atom. The van der Waals surface area contributed by atoms with Gasteiger partial charge >= 0.3 is 0 Å².